The standard InChI is InChI=1S/C25H27N3O4S/c1-15(9-17-13-26-20-8-6-5-7-19(17)20)27-23(29)12-18-14-33-25(28-18)16-10-21(30-2)24(32-4)22(11-16)31-3/h5-8,10-11,13-15,26H,9,12H2,1-4H3,(H,27,29)/t15-/m1/s1. The van der Waals surface area contributed by atoms with E-state index in [1.54, 1.807) is 21.3 Å². The summed E-state index contributed by atoms with van der Waals surface area (Å²) < 4.78 is 16.2. The molecule has 2 N–H and O–H groups in total. The summed E-state index contributed by atoms with van der Waals surface area (Å²) in [5.41, 5.74) is 3.86. The van der Waals surface area contributed by atoms with Gasteiger partial charge in [0.25, 0.3) is 0 Å². The van der Waals surface area contributed by atoms with Gasteiger partial charge in [0.05, 0.1) is 33.4 Å². The van der Waals surface area contributed by atoms with E-state index in [0.717, 1.165) is 28.2 Å². The molecule has 33 heavy (non-hydrogen) atoms. The number of H-pyrrole nitrogens is 1. The summed E-state index contributed by atoms with van der Waals surface area (Å²) in [6.07, 6.45) is 2.99. The fraction of sp³-hybridized carbons (Fsp3) is 0.280. The molecule has 172 valence electrons. The van der Waals surface area contributed by atoms with Gasteiger partial charge in [-0.3, -0.25) is 4.79 Å². The number of nitrogens with zero attached hydrogens (tertiary/aromatic N) is 1. The Bertz CT molecular complexity index is 1240. The van der Waals surface area contributed by atoms with Crippen LogP contribution >= 0.6 is 11.3 Å². The lowest BCUT2D eigenvalue weighted by Gasteiger charge is -2.13. The van der Waals surface area contributed by atoms with Gasteiger partial charge in [-0.2, -0.15) is 0 Å². The topological polar surface area (TPSA) is 85.5 Å². The van der Waals surface area contributed by atoms with Gasteiger partial charge in [0.15, 0.2) is 11.5 Å². The minimum Gasteiger partial charge on any atom is -0.493 e. The molecule has 0 radical (unpaired) electrons. The van der Waals surface area contributed by atoms with Gasteiger partial charge in [-0.1, -0.05) is 18.2 Å². The van der Waals surface area contributed by atoms with Crippen molar-refractivity contribution in [1.29, 1.82) is 0 Å². The minimum absolute atomic E-state index is 0.00456. The number of rotatable bonds is 9. The van der Waals surface area contributed by atoms with Crippen LogP contribution in [0.2, 0.25) is 0 Å². The predicted octanol–water partition coefficient (Wildman–Crippen LogP) is 4.61. The molecule has 0 unspecified atom stereocenters. The van der Waals surface area contributed by atoms with Crippen molar-refractivity contribution >= 4 is 28.1 Å². The van der Waals surface area contributed by atoms with Crippen molar-refractivity contribution in [3.63, 3.8) is 0 Å². The Hall–Kier alpha value is -3.52. The summed E-state index contributed by atoms with van der Waals surface area (Å²) in [5.74, 6) is 1.60. The Morgan fingerprint density at radius 2 is 1.85 bits per heavy atom. The SMILES string of the molecule is COc1cc(-c2nc(CC(=O)N[C@H](C)Cc3c[nH]c4ccccc34)cs2)cc(OC)c1OC. The van der Waals surface area contributed by atoms with Crippen LogP contribution in [0.25, 0.3) is 21.5 Å². The summed E-state index contributed by atoms with van der Waals surface area (Å²) in [7, 11) is 4.73. The van der Waals surface area contributed by atoms with Crippen molar-refractivity contribution in [2.24, 2.45) is 0 Å². The average Bonchev–Trinajstić information content (AvgIpc) is 3.45. The Morgan fingerprint density at radius 3 is 2.55 bits per heavy atom. The Balaban J connectivity index is 1.41. The van der Waals surface area contributed by atoms with Gasteiger partial charge in [0.2, 0.25) is 11.7 Å². The molecule has 0 aliphatic heterocycles. The van der Waals surface area contributed by atoms with E-state index in [2.05, 4.69) is 27.4 Å². The molecule has 2 heterocycles. The van der Waals surface area contributed by atoms with Gasteiger partial charge >= 0.3 is 0 Å². The van der Waals surface area contributed by atoms with Crippen molar-refractivity contribution in [2.75, 3.05) is 21.3 Å². The highest BCUT2D eigenvalue weighted by atomic mass is 32.1. The molecule has 0 aliphatic carbocycles. The number of aromatic amines is 1. The molecule has 0 bridgehead atoms. The fourth-order valence-electron chi connectivity index (χ4n) is 3.90. The number of aromatic nitrogens is 2. The average molecular weight is 466 g/mol. The van der Waals surface area contributed by atoms with E-state index in [9.17, 15) is 4.79 Å². The first-order valence-corrected chi connectivity index (χ1v) is 11.5. The number of benzene rings is 2. The number of para-hydroxylation sites is 1. The molecule has 2 aromatic carbocycles. The number of carbonyl (C=O) groups excluding carboxylic acids is 1. The van der Waals surface area contributed by atoms with Crippen molar-refractivity contribution in [3.8, 4) is 27.8 Å². The summed E-state index contributed by atoms with van der Waals surface area (Å²) >= 11 is 1.47. The third kappa shape index (κ3) is 4.96. The molecule has 0 aliphatic rings. The minimum atomic E-state index is -0.0518. The van der Waals surface area contributed by atoms with Crippen LogP contribution in [0.1, 0.15) is 18.2 Å². The Labute approximate surface area is 196 Å². The number of carbonyl (C=O) groups is 1. The zero-order valence-electron chi connectivity index (χ0n) is 19.1. The highest BCUT2D eigenvalue weighted by Crippen LogP contribution is 2.41. The molecule has 0 saturated carbocycles. The van der Waals surface area contributed by atoms with Gasteiger partial charge in [0.1, 0.15) is 5.01 Å². The van der Waals surface area contributed by atoms with Crippen LogP contribution in [-0.2, 0) is 17.6 Å². The maximum atomic E-state index is 12.6. The normalized spacial score (nSPS) is 11.9. The molecular formula is C25H27N3O4S. The lowest BCUT2D eigenvalue weighted by molar-refractivity contribution is -0.121. The van der Waals surface area contributed by atoms with Gasteiger partial charge in [-0.15, -0.1) is 11.3 Å². The molecule has 1 amide bonds. The van der Waals surface area contributed by atoms with Crippen LogP contribution < -0.4 is 19.5 Å². The number of thiazole rings is 1. The Kier molecular flexibility index (Phi) is 6.84. The van der Waals surface area contributed by atoms with Gasteiger partial charge in [-0.25, -0.2) is 4.98 Å². The van der Waals surface area contributed by atoms with Gasteiger partial charge in [-0.05, 0) is 37.1 Å². The van der Waals surface area contributed by atoms with E-state index in [4.69, 9.17) is 14.2 Å². The summed E-state index contributed by atoms with van der Waals surface area (Å²) in [4.78, 5) is 20.6. The molecular weight excluding hydrogens is 438 g/mol. The zero-order valence-corrected chi connectivity index (χ0v) is 19.9. The molecule has 1 atom stereocenters. The van der Waals surface area contributed by atoms with E-state index < -0.39 is 0 Å². The number of nitrogens with one attached hydrogen (secondary N) is 2. The quantitative estimate of drug-likeness (QED) is 0.377. The van der Waals surface area contributed by atoms with Crippen LogP contribution in [0.4, 0.5) is 0 Å². The molecule has 4 rings (SSSR count). The van der Waals surface area contributed by atoms with Crippen LogP contribution in [-0.4, -0.2) is 43.2 Å². The van der Waals surface area contributed by atoms with Gasteiger partial charge < -0.3 is 24.5 Å². The third-order valence-electron chi connectivity index (χ3n) is 5.41. The molecule has 2 aromatic heterocycles. The second kappa shape index (κ2) is 9.95. The molecule has 4 aromatic rings. The van der Waals surface area contributed by atoms with Crippen LogP contribution in [0.5, 0.6) is 17.2 Å². The van der Waals surface area contributed by atoms with E-state index in [1.165, 1.54) is 22.3 Å². The predicted molar refractivity (Wildman–Crippen MR) is 131 cm³/mol. The number of hydrogen-bond donors (Lipinski definition) is 2. The number of hydrogen-bond acceptors (Lipinski definition) is 6. The second-order valence-corrected chi connectivity index (χ2v) is 8.63. The van der Waals surface area contributed by atoms with Crippen LogP contribution in [0, 0.1) is 0 Å². The highest BCUT2D eigenvalue weighted by molar-refractivity contribution is 7.13. The van der Waals surface area contributed by atoms with Crippen LogP contribution in [0.3, 0.4) is 0 Å². The van der Waals surface area contributed by atoms with Crippen LogP contribution in [0.15, 0.2) is 48.0 Å². The molecule has 0 spiro atoms. The summed E-state index contributed by atoms with van der Waals surface area (Å²) in [6.45, 7) is 2.02. The number of ether oxygens (including phenoxy) is 3. The Morgan fingerprint density at radius 1 is 1.12 bits per heavy atom. The number of fused-ring (bicyclic) bond motifs is 1. The van der Waals surface area contributed by atoms with Crippen molar-refractivity contribution in [1.82, 2.24) is 15.3 Å². The lowest BCUT2D eigenvalue weighted by Crippen LogP contribution is -2.35. The molecule has 8 heteroatoms. The third-order valence-corrected chi connectivity index (χ3v) is 6.35. The van der Waals surface area contributed by atoms with E-state index in [0.29, 0.717) is 17.2 Å². The fourth-order valence-corrected chi connectivity index (χ4v) is 4.70. The molecule has 0 fully saturated rings. The number of methoxy groups -OCH3 is 3. The number of amides is 1. The van der Waals surface area contributed by atoms with Crippen molar-refractivity contribution in [3.05, 3.63) is 59.2 Å². The monoisotopic (exact) mass is 465 g/mol. The first-order chi connectivity index (χ1) is 16.0. The zero-order chi connectivity index (χ0) is 23.4. The molecule has 7 nitrogen and oxygen atoms in total. The van der Waals surface area contributed by atoms with E-state index in [1.807, 2.05) is 42.8 Å². The lowest BCUT2D eigenvalue weighted by atomic mass is 10.1. The maximum absolute atomic E-state index is 12.6. The van der Waals surface area contributed by atoms with E-state index in [-0.39, 0.29) is 18.4 Å². The smallest absolute Gasteiger partial charge is 0.226 e. The molecule has 0 saturated heterocycles. The van der Waals surface area contributed by atoms with Crippen molar-refractivity contribution in [2.45, 2.75) is 25.8 Å². The summed E-state index contributed by atoms with van der Waals surface area (Å²) in [6, 6.07) is 11.9. The van der Waals surface area contributed by atoms with E-state index >= 15 is 0 Å². The first-order valence-electron chi connectivity index (χ1n) is 10.6. The highest BCUT2D eigenvalue weighted by Gasteiger charge is 2.17. The van der Waals surface area contributed by atoms with Gasteiger partial charge in [0, 0.05) is 34.1 Å². The summed E-state index contributed by atoms with van der Waals surface area (Å²) in [5, 5.41) is 6.96. The maximum Gasteiger partial charge on any atom is 0.226 e. The second-order valence-electron chi connectivity index (χ2n) is 7.77. The largest absolute Gasteiger partial charge is 0.493 e. The van der Waals surface area contributed by atoms with Crippen molar-refractivity contribution < 1.29 is 19.0 Å². The first kappa shape index (κ1) is 22.7.